The Kier molecular flexibility index (Phi) is 5.74. The van der Waals surface area contributed by atoms with E-state index in [0.717, 1.165) is 38.9 Å². The number of hydrogen-bond donors (Lipinski definition) is 1. The molecule has 1 aromatic carbocycles. The fourth-order valence-electron chi connectivity index (χ4n) is 4.48. The molecular formula is C21H29N3O3. The Hall–Kier alpha value is -1.92. The monoisotopic (exact) mass is 371 g/mol. The van der Waals surface area contributed by atoms with E-state index >= 15 is 0 Å². The molecule has 3 atom stereocenters. The van der Waals surface area contributed by atoms with E-state index in [4.69, 9.17) is 4.74 Å². The normalized spacial score (nSPS) is 28.8. The minimum absolute atomic E-state index is 0.0544. The lowest BCUT2D eigenvalue weighted by atomic mass is 10.1. The van der Waals surface area contributed by atoms with Crippen molar-refractivity contribution >= 4 is 11.8 Å². The lowest BCUT2D eigenvalue weighted by molar-refractivity contribution is -0.133. The zero-order valence-electron chi connectivity index (χ0n) is 15.8. The standard InChI is InChI=1S/C21H29N3O3/c25-20(9-11-23-10-5-4-8-21(23)26)22-17-12-18-15-27-19(14-24(18)13-17)16-6-2-1-3-7-16/h1-3,6-7,17-19H,4-5,8-15H2,(H,22,25)/t17-,18+,19-/m1/s1. The van der Waals surface area contributed by atoms with E-state index in [-0.39, 0.29) is 24.0 Å². The van der Waals surface area contributed by atoms with Gasteiger partial charge in [-0.1, -0.05) is 30.3 Å². The van der Waals surface area contributed by atoms with Gasteiger partial charge in [-0.05, 0) is 24.8 Å². The summed E-state index contributed by atoms with van der Waals surface area (Å²) in [5.74, 6) is 0.245. The summed E-state index contributed by atoms with van der Waals surface area (Å²) in [6.07, 6.45) is 4.11. The fraction of sp³-hybridized carbons (Fsp3) is 0.619. The number of piperidine rings is 1. The van der Waals surface area contributed by atoms with Crippen molar-refractivity contribution in [2.45, 2.75) is 50.3 Å². The van der Waals surface area contributed by atoms with Gasteiger partial charge >= 0.3 is 0 Å². The highest BCUT2D eigenvalue weighted by molar-refractivity contribution is 5.79. The quantitative estimate of drug-likeness (QED) is 0.856. The molecule has 6 nitrogen and oxygen atoms in total. The van der Waals surface area contributed by atoms with Gasteiger partial charge in [-0.2, -0.15) is 0 Å². The van der Waals surface area contributed by atoms with Crippen molar-refractivity contribution < 1.29 is 14.3 Å². The molecule has 3 fully saturated rings. The smallest absolute Gasteiger partial charge is 0.222 e. The molecule has 146 valence electrons. The molecule has 4 rings (SSSR count). The number of fused-ring (bicyclic) bond motifs is 1. The van der Waals surface area contributed by atoms with Crippen molar-refractivity contribution in [2.75, 3.05) is 32.8 Å². The number of ether oxygens (including phenoxy) is 1. The molecule has 3 heterocycles. The summed E-state index contributed by atoms with van der Waals surface area (Å²) >= 11 is 0. The van der Waals surface area contributed by atoms with E-state index in [9.17, 15) is 9.59 Å². The van der Waals surface area contributed by atoms with Gasteiger partial charge in [0.05, 0.1) is 12.7 Å². The van der Waals surface area contributed by atoms with E-state index in [1.54, 1.807) is 0 Å². The summed E-state index contributed by atoms with van der Waals surface area (Å²) in [5, 5.41) is 3.17. The first-order valence-corrected chi connectivity index (χ1v) is 10.2. The van der Waals surface area contributed by atoms with E-state index in [1.165, 1.54) is 5.56 Å². The lowest BCUT2D eigenvalue weighted by Gasteiger charge is -2.35. The molecular weight excluding hydrogens is 342 g/mol. The van der Waals surface area contributed by atoms with Crippen LogP contribution in [0, 0.1) is 0 Å². The molecule has 1 aromatic rings. The van der Waals surface area contributed by atoms with Crippen LogP contribution in [0.25, 0.3) is 0 Å². The first kappa shape index (κ1) is 18.4. The molecule has 0 saturated carbocycles. The third-order valence-corrected chi connectivity index (χ3v) is 5.98. The van der Waals surface area contributed by atoms with E-state index < -0.39 is 0 Å². The summed E-state index contributed by atoms with van der Waals surface area (Å²) in [6.45, 7) is 3.82. The van der Waals surface area contributed by atoms with Crippen molar-refractivity contribution in [3.05, 3.63) is 35.9 Å². The zero-order valence-corrected chi connectivity index (χ0v) is 15.8. The molecule has 1 N–H and O–H groups in total. The SMILES string of the molecule is O=C(CCN1CCCCC1=O)N[C@@H]1C[C@H]2CO[C@@H](c3ccccc3)CN2C1. The highest BCUT2D eigenvalue weighted by atomic mass is 16.5. The van der Waals surface area contributed by atoms with Gasteiger partial charge in [0.2, 0.25) is 11.8 Å². The number of rotatable bonds is 5. The molecule has 3 saturated heterocycles. The molecule has 0 aromatic heterocycles. The van der Waals surface area contributed by atoms with Crippen molar-refractivity contribution in [2.24, 2.45) is 0 Å². The number of amides is 2. The first-order chi connectivity index (χ1) is 13.2. The maximum Gasteiger partial charge on any atom is 0.222 e. The summed E-state index contributed by atoms with van der Waals surface area (Å²) < 4.78 is 6.07. The van der Waals surface area contributed by atoms with E-state index in [2.05, 4.69) is 22.3 Å². The minimum Gasteiger partial charge on any atom is -0.371 e. The van der Waals surface area contributed by atoms with Crippen LogP contribution in [0.1, 0.15) is 43.8 Å². The summed E-state index contributed by atoms with van der Waals surface area (Å²) in [6, 6.07) is 10.9. The van der Waals surface area contributed by atoms with Gasteiger partial charge < -0.3 is 15.0 Å². The maximum absolute atomic E-state index is 12.3. The number of morpholine rings is 1. The molecule has 3 aliphatic heterocycles. The molecule has 2 amide bonds. The van der Waals surface area contributed by atoms with Crippen LogP contribution >= 0.6 is 0 Å². The number of likely N-dealkylation sites (tertiary alicyclic amines) is 1. The molecule has 0 aliphatic carbocycles. The predicted octanol–water partition coefficient (Wildman–Crippen LogP) is 1.72. The topological polar surface area (TPSA) is 61.9 Å². The van der Waals surface area contributed by atoms with Gasteiger partial charge in [0.1, 0.15) is 0 Å². The Labute approximate surface area is 160 Å². The average Bonchev–Trinajstić information content (AvgIpc) is 3.09. The Morgan fingerprint density at radius 3 is 2.85 bits per heavy atom. The van der Waals surface area contributed by atoms with Gasteiger partial charge in [0, 0.05) is 51.1 Å². The molecule has 0 unspecified atom stereocenters. The highest BCUT2D eigenvalue weighted by Crippen LogP contribution is 2.30. The predicted molar refractivity (Wildman–Crippen MR) is 102 cm³/mol. The Morgan fingerprint density at radius 1 is 1.19 bits per heavy atom. The Bertz CT molecular complexity index is 666. The van der Waals surface area contributed by atoms with Crippen molar-refractivity contribution in [3.63, 3.8) is 0 Å². The molecule has 3 aliphatic rings. The first-order valence-electron chi connectivity index (χ1n) is 10.2. The third-order valence-electron chi connectivity index (χ3n) is 5.98. The van der Waals surface area contributed by atoms with Crippen LogP contribution < -0.4 is 5.32 Å². The van der Waals surface area contributed by atoms with Crippen LogP contribution in [0.15, 0.2) is 30.3 Å². The molecule has 6 heteroatoms. The van der Waals surface area contributed by atoms with Crippen LogP contribution in [0.5, 0.6) is 0 Å². The third kappa shape index (κ3) is 4.50. The number of benzene rings is 1. The molecule has 0 radical (unpaired) electrons. The number of nitrogens with one attached hydrogen (secondary N) is 1. The Balaban J connectivity index is 1.23. The summed E-state index contributed by atoms with van der Waals surface area (Å²) in [7, 11) is 0. The van der Waals surface area contributed by atoms with Gasteiger partial charge in [-0.3, -0.25) is 14.5 Å². The van der Waals surface area contributed by atoms with Crippen molar-refractivity contribution in [1.29, 1.82) is 0 Å². The van der Waals surface area contributed by atoms with Crippen molar-refractivity contribution in [1.82, 2.24) is 15.1 Å². The van der Waals surface area contributed by atoms with E-state index in [1.807, 2.05) is 23.1 Å². The van der Waals surface area contributed by atoms with Crippen LogP contribution in [-0.2, 0) is 14.3 Å². The lowest BCUT2D eigenvalue weighted by Crippen LogP contribution is -2.43. The number of nitrogens with zero attached hydrogens (tertiary/aromatic N) is 2. The average molecular weight is 371 g/mol. The Morgan fingerprint density at radius 2 is 2.04 bits per heavy atom. The molecule has 0 spiro atoms. The maximum atomic E-state index is 12.3. The van der Waals surface area contributed by atoms with E-state index in [0.29, 0.717) is 32.0 Å². The van der Waals surface area contributed by atoms with Crippen LogP contribution in [0.4, 0.5) is 0 Å². The van der Waals surface area contributed by atoms with Gasteiger partial charge in [-0.25, -0.2) is 0 Å². The molecule has 0 bridgehead atoms. The molecule has 27 heavy (non-hydrogen) atoms. The highest BCUT2D eigenvalue weighted by Gasteiger charge is 2.38. The number of hydrogen-bond acceptors (Lipinski definition) is 4. The second kappa shape index (κ2) is 8.40. The van der Waals surface area contributed by atoms with Gasteiger partial charge in [0.15, 0.2) is 0 Å². The second-order valence-corrected chi connectivity index (χ2v) is 7.93. The largest absolute Gasteiger partial charge is 0.371 e. The van der Waals surface area contributed by atoms with Gasteiger partial charge in [0.25, 0.3) is 0 Å². The summed E-state index contributed by atoms with van der Waals surface area (Å²) in [5.41, 5.74) is 1.22. The minimum atomic E-state index is 0.0544. The van der Waals surface area contributed by atoms with Gasteiger partial charge in [-0.15, -0.1) is 0 Å². The van der Waals surface area contributed by atoms with Crippen molar-refractivity contribution in [3.8, 4) is 0 Å². The fourth-order valence-corrected chi connectivity index (χ4v) is 4.48. The number of carbonyl (C=O) groups excluding carboxylic acids is 2. The second-order valence-electron chi connectivity index (χ2n) is 7.93. The van der Waals surface area contributed by atoms with Crippen LogP contribution in [-0.4, -0.2) is 66.5 Å². The van der Waals surface area contributed by atoms with Crippen LogP contribution in [0.2, 0.25) is 0 Å². The van der Waals surface area contributed by atoms with Crippen LogP contribution in [0.3, 0.4) is 0 Å². The zero-order chi connectivity index (χ0) is 18.6. The summed E-state index contributed by atoms with van der Waals surface area (Å²) in [4.78, 5) is 28.5. The number of carbonyl (C=O) groups is 2.